The lowest BCUT2D eigenvalue weighted by Crippen LogP contribution is -2.15. The zero-order chi connectivity index (χ0) is 14.9. The molecule has 0 atom stereocenters. The van der Waals surface area contributed by atoms with Gasteiger partial charge in [0.1, 0.15) is 5.69 Å². The minimum atomic E-state index is -0.824. The number of anilines is 1. The summed E-state index contributed by atoms with van der Waals surface area (Å²) in [6.45, 7) is 3.68. The smallest absolute Gasteiger partial charge is 0.256 e. The summed E-state index contributed by atoms with van der Waals surface area (Å²) in [4.78, 5) is 12.1. The first-order valence-corrected chi connectivity index (χ1v) is 6.71. The van der Waals surface area contributed by atoms with Crippen molar-refractivity contribution in [3.63, 3.8) is 0 Å². The first-order valence-electron chi connectivity index (χ1n) is 5.91. The van der Waals surface area contributed by atoms with Crippen molar-refractivity contribution >= 4 is 27.5 Å². The normalized spacial score (nSPS) is 10.4. The van der Waals surface area contributed by atoms with E-state index in [1.54, 1.807) is 19.1 Å². The van der Waals surface area contributed by atoms with Crippen LogP contribution in [-0.2, 0) is 0 Å². The Morgan fingerprint density at radius 1 is 1.10 bits per heavy atom. The van der Waals surface area contributed by atoms with Crippen LogP contribution in [0.2, 0.25) is 0 Å². The van der Waals surface area contributed by atoms with E-state index in [1.165, 1.54) is 0 Å². The molecular formula is C15H12BrF2NO. The zero-order valence-electron chi connectivity index (χ0n) is 10.9. The molecule has 0 aromatic heterocycles. The number of benzene rings is 2. The molecule has 0 aliphatic rings. The molecule has 2 aromatic carbocycles. The van der Waals surface area contributed by atoms with Crippen molar-refractivity contribution in [2.45, 2.75) is 13.8 Å². The maximum Gasteiger partial charge on any atom is 0.256 e. The van der Waals surface area contributed by atoms with Gasteiger partial charge in [-0.15, -0.1) is 0 Å². The minimum Gasteiger partial charge on any atom is -0.317 e. The SMILES string of the molecule is Cc1ccc(C(=O)Nc2c(F)cc(Br)cc2F)c(C)c1. The third-order valence-electron chi connectivity index (χ3n) is 2.87. The molecule has 2 rings (SSSR count). The van der Waals surface area contributed by atoms with Gasteiger partial charge in [-0.25, -0.2) is 8.78 Å². The molecule has 0 aliphatic heterocycles. The molecule has 0 bridgehead atoms. The van der Waals surface area contributed by atoms with E-state index in [0.717, 1.165) is 23.3 Å². The number of aryl methyl sites for hydroxylation is 2. The highest BCUT2D eigenvalue weighted by atomic mass is 79.9. The van der Waals surface area contributed by atoms with Gasteiger partial charge < -0.3 is 5.32 Å². The number of hydrogen-bond donors (Lipinski definition) is 1. The van der Waals surface area contributed by atoms with E-state index >= 15 is 0 Å². The third-order valence-corrected chi connectivity index (χ3v) is 3.33. The minimum absolute atomic E-state index is 0.275. The van der Waals surface area contributed by atoms with E-state index < -0.39 is 23.2 Å². The Morgan fingerprint density at radius 3 is 2.25 bits per heavy atom. The molecule has 0 radical (unpaired) electrons. The average molecular weight is 340 g/mol. The molecule has 2 aromatic rings. The summed E-state index contributed by atoms with van der Waals surface area (Å²) in [7, 11) is 0. The molecule has 0 heterocycles. The second kappa shape index (κ2) is 5.71. The van der Waals surface area contributed by atoms with Crippen LogP contribution in [0.5, 0.6) is 0 Å². The van der Waals surface area contributed by atoms with Gasteiger partial charge in [0.2, 0.25) is 0 Å². The summed E-state index contributed by atoms with van der Waals surface area (Å²) in [6, 6.07) is 7.44. The maximum atomic E-state index is 13.7. The summed E-state index contributed by atoms with van der Waals surface area (Å²) >= 11 is 2.99. The topological polar surface area (TPSA) is 29.1 Å². The maximum absolute atomic E-state index is 13.7. The van der Waals surface area contributed by atoms with Crippen molar-refractivity contribution < 1.29 is 13.6 Å². The predicted octanol–water partition coefficient (Wildman–Crippen LogP) is 4.60. The quantitative estimate of drug-likeness (QED) is 0.851. The molecule has 0 aliphatic carbocycles. The van der Waals surface area contributed by atoms with Gasteiger partial charge in [0.05, 0.1) is 0 Å². The molecule has 1 amide bonds. The number of nitrogens with one attached hydrogen (secondary N) is 1. The number of amides is 1. The summed E-state index contributed by atoms with van der Waals surface area (Å²) in [5, 5.41) is 2.27. The van der Waals surface area contributed by atoms with Crippen molar-refractivity contribution in [3.05, 3.63) is 63.1 Å². The molecule has 0 saturated heterocycles. The highest BCUT2D eigenvalue weighted by molar-refractivity contribution is 9.10. The van der Waals surface area contributed by atoms with E-state index in [0.29, 0.717) is 5.56 Å². The molecule has 1 N–H and O–H groups in total. The second-order valence-corrected chi connectivity index (χ2v) is 5.43. The fourth-order valence-electron chi connectivity index (χ4n) is 1.91. The van der Waals surface area contributed by atoms with Crippen molar-refractivity contribution in [1.29, 1.82) is 0 Å². The summed E-state index contributed by atoms with van der Waals surface area (Å²) in [5.74, 6) is -2.19. The van der Waals surface area contributed by atoms with E-state index in [-0.39, 0.29) is 4.47 Å². The Bertz CT molecular complexity index is 663. The lowest BCUT2D eigenvalue weighted by atomic mass is 10.1. The number of hydrogen-bond acceptors (Lipinski definition) is 1. The van der Waals surface area contributed by atoms with Gasteiger partial charge in [-0.2, -0.15) is 0 Å². The van der Waals surface area contributed by atoms with Crippen molar-refractivity contribution in [1.82, 2.24) is 0 Å². The first-order chi connectivity index (χ1) is 9.38. The van der Waals surface area contributed by atoms with Crippen molar-refractivity contribution in [3.8, 4) is 0 Å². The van der Waals surface area contributed by atoms with Crippen LogP contribution in [0.1, 0.15) is 21.5 Å². The van der Waals surface area contributed by atoms with Gasteiger partial charge >= 0.3 is 0 Å². The van der Waals surface area contributed by atoms with Crippen LogP contribution < -0.4 is 5.32 Å². The highest BCUT2D eigenvalue weighted by Gasteiger charge is 2.16. The Balaban J connectivity index is 2.33. The first kappa shape index (κ1) is 14.7. The van der Waals surface area contributed by atoms with Gasteiger partial charge in [0.25, 0.3) is 5.91 Å². The largest absolute Gasteiger partial charge is 0.317 e. The number of carbonyl (C=O) groups excluding carboxylic acids is 1. The Hall–Kier alpha value is -1.75. The average Bonchev–Trinajstić information content (AvgIpc) is 2.33. The predicted molar refractivity (Wildman–Crippen MR) is 77.9 cm³/mol. The Labute approximate surface area is 123 Å². The highest BCUT2D eigenvalue weighted by Crippen LogP contribution is 2.24. The summed E-state index contributed by atoms with van der Waals surface area (Å²) < 4.78 is 27.6. The fourth-order valence-corrected chi connectivity index (χ4v) is 2.31. The summed E-state index contributed by atoms with van der Waals surface area (Å²) in [6.07, 6.45) is 0. The van der Waals surface area contributed by atoms with Gasteiger partial charge in [-0.05, 0) is 37.6 Å². The van der Waals surface area contributed by atoms with E-state index in [4.69, 9.17) is 0 Å². The lowest BCUT2D eigenvalue weighted by Gasteiger charge is -2.10. The molecular weight excluding hydrogens is 328 g/mol. The van der Waals surface area contributed by atoms with Crippen molar-refractivity contribution in [2.75, 3.05) is 5.32 Å². The standard InChI is InChI=1S/C15H12BrF2NO/c1-8-3-4-11(9(2)5-8)15(20)19-14-12(17)6-10(16)7-13(14)18/h3-7H,1-2H3,(H,19,20). The van der Waals surface area contributed by atoms with Gasteiger partial charge in [-0.3, -0.25) is 4.79 Å². The van der Waals surface area contributed by atoms with Crippen LogP contribution in [0.15, 0.2) is 34.8 Å². The zero-order valence-corrected chi connectivity index (χ0v) is 12.5. The fraction of sp³-hybridized carbons (Fsp3) is 0.133. The molecule has 0 fully saturated rings. The number of halogens is 3. The molecule has 0 saturated carbocycles. The van der Waals surface area contributed by atoms with E-state index in [2.05, 4.69) is 21.2 Å². The van der Waals surface area contributed by atoms with Gasteiger partial charge in [0, 0.05) is 10.0 Å². The monoisotopic (exact) mass is 339 g/mol. The Kier molecular flexibility index (Phi) is 4.18. The van der Waals surface area contributed by atoms with Crippen LogP contribution in [0.4, 0.5) is 14.5 Å². The summed E-state index contributed by atoms with van der Waals surface area (Å²) in [5.41, 5.74) is 1.70. The molecule has 20 heavy (non-hydrogen) atoms. The van der Waals surface area contributed by atoms with Gasteiger partial charge in [-0.1, -0.05) is 33.6 Å². The Morgan fingerprint density at radius 2 is 1.70 bits per heavy atom. The van der Waals surface area contributed by atoms with Gasteiger partial charge in [0.15, 0.2) is 11.6 Å². The second-order valence-electron chi connectivity index (χ2n) is 4.52. The van der Waals surface area contributed by atoms with E-state index in [9.17, 15) is 13.6 Å². The van der Waals surface area contributed by atoms with Crippen LogP contribution in [-0.4, -0.2) is 5.91 Å². The molecule has 2 nitrogen and oxygen atoms in total. The van der Waals surface area contributed by atoms with Crippen LogP contribution in [0.3, 0.4) is 0 Å². The van der Waals surface area contributed by atoms with Crippen LogP contribution in [0.25, 0.3) is 0 Å². The van der Waals surface area contributed by atoms with E-state index in [1.807, 2.05) is 13.0 Å². The molecule has 5 heteroatoms. The molecule has 0 spiro atoms. The molecule has 104 valence electrons. The van der Waals surface area contributed by atoms with Crippen LogP contribution in [0, 0.1) is 25.5 Å². The number of carbonyl (C=O) groups is 1. The van der Waals surface area contributed by atoms with Crippen molar-refractivity contribution in [2.24, 2.45) is 0 Å². The number of rotatable bonds is 2. The van der Waals surface area contributed by atoms with Crippen LogP contribution >= 0.6 is 15.9 Å². The third kappa shape index (κ3) is 3.04. The lowest BCUT2D eigenvalue weighted by molar-refractivity contribution is 0.102. The molecule has 0 unspecified atom stereocenters.